The molecule has 3 rings (SSSR count). The molecule has 0 aliphatic heterocycles. The molecular weight excluding hydrogens is 188 g/mol. The van der Waals surface area contributed by atoms with E-state index < -0.39 is 5.60 Å². The highest BCUT2D eigenvalue weighted by molar-refractivity contribution is 5.37. The Balaban J connectivity index is 1.88. The molecule has 15 heavy (non-hydrogen) atoms. The molecule has 80 valence electrons. The van der Waals surface area contributed by atoms with E-state index in [2.05, 4.69) is 0 Å². The summed E-state index contributed by atoms with van der Waals surface area (Å²) in [5.41, 5.74) is 0.558. The molecule has 0 spiro atoms. The fourth-order valence-electron chi connectivity index (χ4n) is 3.21. The topological polar surface area (TPSA) is 29.5 Å². The van der Waals surface area contributed by atoms with Crippen molar-refractivity contribution in [3.63, 3.8) is 0 Å². The van der Waals surface area contributed by atoms with Gasteiger partial charge in [0.05, 0.1) is 12.7 Å². The number of ether oxygens (including phenoxy) is 1. The lowest BCUT2D eigenvalue weighted by molar-refractivity contribution is 0.105. The van der Waals surface area contributed by atoms with Crippen LogP contribution >= 0.6 is 0 Å². The zero-order chi connectivity index (χ0) is 10.5. The number of hydrogen-bond donors (Lipinski definition) is 1. The van der Waals surface area contributed by atoms with Gasteiger partial charge in [-0.25, -0.2) is 0 Å². The summed E-state index contributed by atoms with van der Waals surface area (Å²) < 4.78 is 5.11. The summed E-state index contributed by atoms with van der Waals surface area (Å²) in [6, 6.07) is 7.86. The minimum atomic E-state index is -0.509. The van der Waals surface area contributed by atoms with E-state index in [9.17, 15) is 5.11 Å². The van der Waals surface area contributed by atoms with Gasteiger partial charge in [0.2, 0.25) is 0 Å². The number of fused-ring (bicyclic) bond motifs is 1. The van der Waals surface area contributed by atoms with Crippen LogP contribution in [0.1, 0.15) is 24.8 Å². The quantitative estimate of drug-likeness (QED) is 0.801. The van der Waals surface area contributed by atoms with Gasteiger partial charge in [-0.1, -0.05) is 18.6 Å². The third-order valence-electron chi connectivity index (χ3n) is 4.09. The van der Waals surface area contributed by atoms with E-state index in [0.717, 1.165) is 11.3 Å². The molecule has 2 heteroatoms. The molecule has 0 amide bonds. The van der Waals surface area contributed by atoms with Crippen LogP contribution in [0.3, 0.4) is 0 Å². The van der Waals surface area contributed by atoms with Crippen molar-refractivity contribution in [2.24, 2.45) is 11.8 Å². The van der Waals surface area contributed by atoms with Gasteiger partial charge in [-0.3, -0.25) is 0 Å². The molecule has 2 aliphatic rings. The maximum absolute atomic E-state index is 10.5. The average Bonchev–Trinajstić information content (AvgIpc) is 2.71. The summed E-state index contributed by atoms with van der Waals surface area (Å²) in [7, 11) is 1.66. The maximum Gasteiger partial charge on any atom is 0.118 e. The van der Waals surface area contributed by atoms with Crippen molar-refractivity contribution in [2.45, 2.75) is 24.9 Å². The minimum Gasteiger partial charge on any atom is -0.497 e. The molecule has 2 unspecified atom stereocenters. The molecule has 2 aliphatic carbocycles. The summed E-state index contributed by atoms with van der Waals surface area (Å²) >= 11 is 0. The van der Waals surface area contributed by atoms with Crippen molar-refractivity contribution in [1.29, 1.82) is 0 Å². The lowest BCUT2D eigenvalue weighted by Crippen LogP contribution is -2.12. The van der Waals surface area contributed by atoms with E-state index >= 15 is 0 Å². The first kappa shape index (κ1) is 9.22. The van der Waals surface area contributed by atoms with Crippen LogP contribution in [-0.2, 0) is 5.60 Å². The van der Waals surface area contributed by atoms with Crippen molar-refractivity contribution >= 4 is 0 Å². The Kier molecular flexibility index (Phi) is 1.84. The van der Waals surface area contributed by atoms with Crippen LogP contribution in [0.2, 0.25) is 0 Å². The van der Waals surface area contributed by atoms with Crippen LogP contribution in [0.4, 0.5) is 0 Å². The summed E-state index contributed by atoms with van der Waals surface area (Å²) in [6.45, 7) is 0. The van der Waals surface area contributed by atoms with Crippen LogP contribution in [0.5, 0.6) is 5.75 Å². The molecule has 0 bridgehead atoms. The van der Waals surface area contributed by atoms with Crippen LogP contribution in [0.25, 0.3) is 0 Å². The Morgan fingerprint density at radius 1 is 1.20 bits per heavy atom. The molecule has 2 atom stereocenters. The maximum atomic E-state index is 10.5. The van der Waals surface area contributed by atoms with Gasteiger partial charge >= 0.3 is 0 Å². The molecule has 1 aromatic rings. The fraction of sp³-hybridized carbons (Fsp3) is 0.538. The van der Waals surface area contributed by atoms with Crippen molar-refractivity contribution in [1.82, 2.24) is 0 Å². The van der Waals surface area contributed by atoms with E-state index in [1.807, 2.05) is 24.3 Å². The standard InChI is InChI=1S/C13H16O2/c1-15-10-7-5-9(6-8-10)13(14)11-3-2-4-12(11)13/h5-8,11-12,14H,2-4H2,1H3. The Morgan fingerprint density at radius 2 is 1.80 bits per heavy atom. The summed E-state index contributed by atoms with van der Waals surface area (Å²) in [5.74, 6) is 1.89. The normalized spacial score (nSPS) is 37.5. The van der Waals surface area contributed by atoms with E-state index in [4.69, 9.17) is 4.74 Å². The second-order valence-corrected chi connectivity index (χ2v) is 4.70. The number of aliphatic hydroxyl groups is 1. The van der Waals surface area contributed by atoms with Gasteiger partial charge in [0.1, 0.15) is 5.75 Å². The Hall–Kier alpha value is -1.02. The van der Waals surface area contributed by atoms with Crippen LogP contribution in [0, 0.1) is 11.8 Å². The van der Waals surface area contributed by atoms with Crippen molar-refractivity contribution in [2.75, 3.05) is 7.11 Å². The minimum absolute atomic E-state index is 0.509. The molecule has 2 nitrogen and oxygen atoms in total. The third-order valence-corrected chi connectivity index (χ3v) is 4.09. The predicted octanol–water partition coefficient (Wildman–Crippen LogP) is 2.31. The van der Waals surface area contributed by atoms with Gasteiger partial charge in [-0.15, -0.1) is 0 Å². The molecule has 0 saturated heterocycles. The van der Waals surface area contributed by atoms with E-state index in [0.29, 0.717) is 11.8 Å². The molecule has 0 aromatic heterocycles. The monoisotopic (exact) mass is 204 g/mol. The first-order chi connectivity index (χ1) is 7.26. The first-order valence-corrected chi connectivity index (χ1v) is 5.63. The molecule has 2 fully saturated rings. The second-order valence-electron chi connectivity index (χ2n) is 4.70. The van der Waals surface area contributed by atoms with Crippen LogP contribution < -0.4 is 4.74 Å². The van der Waals surface area contributed by atoms with Gasteiger partial charge in [0.15, 0.2) is 0 Å². The van der Waals surface area contributed by atoms with E-state index in [1.54, 1.807) is 7.11 Å². The molecule has 2 saturated carbocycles. The highest BCUT2D eigenvalue weighted by Gasteiger charge is 2.66. The fourth-order valence-corrected chi connectivity index (χ4v) is 3.21. The van der Waals surface area contributed by atoms with Gasteiger partial charge < -0.3 is 9.84 Å². The van der Waals surface area contributed by atoms with Crippen LogP contribution in [-0.4, -0.2) is 12.2 Å². The highest BCUT2D eigenvalue weighted by atomic mass is 16.5. The van der Waals surface area contributed by atoms with Crippen molar-refractivity contribution < 1.29 is 9.84 Å². The first-order valence-electron chi connectivity index (χ1n) is 5.63. The SMILES string of the molecule is COc1ccc(C2(O)C3CCCC32)cc1. The lowest BCUT2D eigenvalue weighted by Gasteiger charge is -2.14. The average molecular weight is 204 g/mol. The summed E-state index contributed by atoms with van der Waals surface area (Å²) in [6.07, 6.45) is 3.66. The predicted molar refractivity (Wildman–Crippen MR) is 57.7 cm³/mol. The largest absolute Gasteiger partial charge is 0.497 e. The van der Waals surface area contributed by atoms with Crippen LogP contribution in [0.15, 0.2) is 24.3 Å². The summed E-state index contributed by atoms with van der Waals surface area (Å²) in [4.78, 5) is 0. The number of methoxy groups -OCH3 is 1. The summed E-state index contributed by atoms with van der Waals surface area (Å²) in [5, 5.41) is 10.5. The molecule has 1 aromatic carbocycles. The van der Waals surface area contributed by atoms with Crippen molar-refractivity contribution in [3.05, 3.63) is 29.8 Å². The second kappa shape index (κ2) is 2.99. The van der Waals surface area contributed by atoms with Gasteiger partial charge in [-0.2, -0.15) is 0 Å². The van der Waals surface area contributed by atoms with Crippen molar-refractivity contribution in [3.8, 4) is 5.75 Å². The number of rotatable bonds is 2. The molecule has 0 radical (unpaired) electrons. The number of hydrogen-bond acceptors (Lipinski definition) is 2. The number of benzene rings is 1. The Bertz CT molecular complexity index is 359. The zero-order valence-electron chi connectivity index (χ0n) is 8.94. The highest BCUT2D eigenvalue weighted by Crippen LogP contribution is 2.66. The van der Waals surface area contributed by atoms with Gasteiger partial charge in [0.25, 0.3) is 0 Å². The Labute approximate surface area is 89.9 Å². The molecular formula is C13H16O2. The smallest absolute Gasteiger partial charge is 0.118 e. The third kappa shape index (κ3) is 1.14. The van der Waals surface area contributed by atoms with E-state index in [1.165, 1.54) is 19.3 Å². The lowest BCUT2D eigenvalue weighted by atomic mass is 9.99. The van der Waals surface area contributed by atoms with Gasteiger partial charge in [0, 0.05) is 0 Å². The molecule has 0 heterocycles. The van der Waals surface area contributed by atoms with Gasteiger partial charge in [-0.05, 0) is 42.4 Å². The van der Waals surface area contributed by atoms with E-state index in [-0.39, 0.29) is 0 Å². The molecule has 1 N–H and O–H groups in total. The Morgan fingerprint density at radius 3 is 2.33 bits per heavy atom. The zero-order valence-corrected chi connectivity index (χ0v) is 8.94.